The van der Waals surface area contributed by atoms with Crippen LogP contribution in [0.5, 0.6) is 0 Å². The topological polar surface area (TPSA) is 130 Å². The fourth-order valence-electron chi connectivity index (χ4n) is 2.92. The average Bonchev–Trinajstić information content (AvgIpc) is 3.53. The van der Waals surface area contributed by atoms with Gasteiger partial charge in [0.2, 0.25) is 5.13 Å². The Kier molecular flexibility index (Phi) is 6.99. The maximum Gasteiger partial charge on any atom is 0.257 e. The Morgan fingerprint density at radius 1 is 1.23 bits per heavy atom. The lowest BCUT2D eigenvalue weighted by Gasteiger charge is -2.07. The molecule has 1 aromatic carbocycles. The van der Waals surface area contributed by atoms with Gasteiger partial charge in [0, 0.05) is 18.7 Å². The van der Waals surface area contributed by atoms with Crippen molar-refractivity contribution in [2.24, 2.45) is 5.73 Å². The number of hydrogen-bond donors (Lipinski definition) is 2. The first-order chi connectivity index (χ1) is 15.2. The minimum Gasteiger partial charge on any atom is -0.462 e. The molecule has 0 saturated heterocycles. The second kappa shape index (κ2) is 10.3. The van der Waals surface area contributed by atoms with Crippen LogP contribution in [-0.4, -0.2) is 52.2 Å². The SMILES string of the molecule is NCCOCOCCCn1cnc2cc(C(=O)Nc3nnc(-c4ccco4)s3)ccc21. The molecule has 10 nitrogen and oxygen atoms in total. The van der Waals surface area contributed by atoms with Crippen LogP contribution in [0.1, 0.15) is 16.8 Å². The van der Waals surface area contributed by atoms with Crippen LogP contribution in [0.15, 0.2) is 47.3 Å². The zero-order chi connectivity index (χ0) is 21.5. The standard InChI is InChI=1S/C20H22N6O4S/c21-6-10-29-13-28-8-2-7-26-12-22-15-11-14(4-5-16(15)26)18(27)23-20-25-24-19(31-20)17-3-1-9-30-17/h1,3-5,9,11-12H,2,6-8,10,13,21H2,(H,23,25,27). The highest BCUT2D eigenvalue weighted by Gasteiger charge is 2.14. The summed E-state index contributed by atoms with van der Waals surface area (Å²) < 4.78 is 17.9. The molecule has 4 rings (SSSR count). The Hall–Kier alpha value is -3.12. The monoisotopic (exact) mass is 442 g/mol. The zero-order valence-corrected chi connectivity index (χ0v) is 17.5. The maximum atomic E-state index is 12.6. The van der Waals surface area contributed by atoms with Gasteiger partial charge >= 0.3 is 0 Å². The van der Waals surface area contributed by atoms with E-state index in [1.165, 1.54) is 11.3 Å². The van der Waals surface area contributed by atoms with Crippen LogP contribution in [0.25, 0.3) is 21.8 Å². The van der Waals surface area contributed by atoms with Crippen LogP contribution >= 0.6 is 11.3 Å². The van der Waals surface area contributed by atoms with Crippen molar-refractivity contribution in [3.05, 3.63) is 48.5 Å². The van der Waals surface area contributed by atoms with E-state index in [1.807, 2.05) is 10.6 Å². The molecule has 162 valence electrons. The molecular weight excluding hydrogens is 420 g/mol. The van der Waals surface area contributed by atoms with Gasteiger partial charge in [-0.15, -0.1) is 10.2 Å². The van der Waals surface area contributed by atoms with E-state index in [4.69, 9.17) is 19.6 Å². The third-order valence-electron chi connectivity index (χ3n) is 4.38. The summed E-state index contributed by atoms with van der Waals surface area (Å²) in [4.78, 5) is 17.0. The number of nitrogens with one attached hydrogen (secondary N) is 1. The van der Waals surface area contributed by atoms with E-state index in [9.17, 15) is 4.79 Å². The van der Waals surface area contributed by atoms with Gasteiger partial charge in [-0.05, 0) is 36.8 Å². The molecule has 0 unspecified atom stereocenters. The minimum absolute atomic E-state index is 0.248. The van der Waals surface area contributed by atoms with Crippen LogP contribution < -0.4 is 11.1 Å². The van der Waals surface area contributed by atoms with Gasteiger partial charge in [0.25, 0.3) is 5.91 Å². The fourth-order valence-corrected chi connectivity index (χ4v) is 3.63. The number of fused-ring (bicyclic) bond motifs is 1. The van der Waals surface area contributed by atoms with E-state index in [0.29, 0.717) is 41.2 Å². The van der Waals surface area contributed by atoms with Crippen LogP contribution in [0.3, 0.4) is 0 Å². The van der Waals surface area contributed by atoms with Gasteiger partial charge in [-0.2, -0.15) is 0 Å². The number of ether oxygens (including phenoxy) is 2. The largest absolute Gasteiger partial charge is 0.462 e. The molecular formula is C20H22N6O4S. The van der Waals surface area contributed by atoms with Crippen molar-refractivity contribution in [3.8, 4) is 10.8 Å². The van der Waals surface area contributed by atoms with E-state index in [2.05, 4.69) is 20.5 Å². The minimum atomic E-state index is -0.274. The van der Waals surface area contributed by atoms with E-state index < -0.39 is 0 Å². The number of rotatable bonds is 11. The van der Waals surface area contributed by atoms with Crippen LogP contribution in [0.2, 0.25) is 0 Å². The summed E-state index contributed by atoms with van der Waals surface area (Å²) in [6.07, 6.45) is 4.14. The van der Waals surface area contributed by atoms with Crippen molar-refractivity contribution < 1.29 is 18.7 Å². The highest BCUT2D eigenvalue weighted by atomic mass is 32.1. The van der Waals surface area contributed by atoms with E-state index in [1.54, 1.807) is 36.9 Å². The van der Waals surface area contributed by atoms with Gasteiger partial charge in [-0.3, -0.25) is 10.1 Å². The van der Waals surface area contributed by atoms with Gasteiger partial charge < -0.3 is 24.2 Å². The number of nitrogens with zero attached hydrogens (tertiary/aromatic N) is 4. The van der Waals surface area contributed by atoms with E-state index in [0.717, 1.165) is 24.0 Å². The third-order valence-corrected chi connectivity index (χ3v) is 5.23. The van der Waals surface area contributed by atoms with Crippen molar-refractivity contribution in [2.75, 3.05) is 31.9 Å². The number of nitrogens with two attached hydrogens (primary N) is 1. The second-order valence-electron chi connectivity index (χ2n) is 6.56. The Labute approximate surface area is 182 Å². The predicted octanol–water partition coefficient (Wildman–Crippen LogP) is 2.74. The highest BCUT2D eigenvalue weighted by Crippen LogP contribution is 2.27. The van der Waals surface area contributed by atoms with E-state index >= 15 is 0 Å². The molecule has 0 radical (unpaired) electrons. The summed E-state index contributed by atoms with van der Waals surface area (Å²) >= 11 is 1.24. The molecule has 0 fully saturated rings. The number of carbonyl (C=O) groups is 1. The number of imidazole rings is 1. The molecule has 0 aliphatic carbocycles. The number of anilines is 1. The van der Waals surface area contributed by atoms with Gasteiger partial charge in [0.05, 0.1) is 36.8 Å². The average molecular weight is 443 g/mol. The zero-order valence-electron chi connectivity index (χ0n) is 16.7. The molecule has 0 bridgehead atoms. The highest BCUT2D eigenvalue weighted by molar-refractivity contribution is 7.18. The quantitative estimate of drug-likeness (QED) is 0.268. The van der Waals surface area contributed by atoms with Crippen molar-refractivity contribution in [1.82, 2.24) is 19.7 Å². The van der Waals surface area contributed by atoms with Crippen LogP contribution in [-0.2, 0) is 16.0 Å². The summed E-state index contributed by atoms with van der Waals surface area (Å²) in [5, 5.41) is 11.8. The molecule has 0 aliphatic rings. The van der Waals surface area contributed by atoms with Gasteiger partial charge in [-0.25, -0.2) is 4.98 Å². The lowest BCUT2D eigenvalue weighted by atomic mass is 10.2. The van der Waals surface area contributed by atoms with Crippen molar-refractivity contribution in [3.63, 3.8) is 0 Å². The molecule has 3 aromatic heterocycles. The summed E-state index contributed by atoms with van der Waals surface area (Å²) in [5.41, 5.74) is 7.54. The molecule has 0 spiro atoms. The number of amides is 1. The molecule has 4 aromatic rings. The Morgan fingerprint density at radius 3 is 2.97 bits per heavy atom. The van der Waals surface area contributed by atoms with Crippen molar-refractivity contribution in [1.29, 1.82) is 0 Å². The van der Waals surface area contributed by atoms with Gasteiger partial charge in [-0.1, -0.05) is 11.3 Å². The third kappa shape index (κ3) is 5.33. The molecule has 1 amide bonds. The number of carbonyl (C=O) groups excluding carboxylic acids is 1. The number of benzene rings is 1. The smallest absolute Gasteiger partial charge is 0.257 e. The fraction of sp³-hybridized carbons (Fsp3) is 0.300. The summed E-state index contributed by atoms with van der Waals surface area (Å²) in [6.45, 7) is 2.55. The lowest BCUT2D eigenvalue weighted by molar-refractivity contribution is -0.0522. The maximum absolute atomic E-state index is 12.6. The normalized spacial score (nSPS) is 11.3. The van der Waals surface area contributed by atoms with Crippen molar-refractivity contribution >= 4 is 33.4 Å². The Balaban J connectivity index is 1.33. The summed E-state index contributed by atoms with van der Waals surface area (Å²) in [5.74, 6) is 0.336. The van der Waals surface area contributed by atoms with Crippen LogP contribution in [0, 0.1) is 0 Å². The Bertz CT molecular complexity index is 1120. The first-order valence-corrected chi connectivity index (χ1v) is 10.6. The molecule has 0 saturated carbocycles. The first-order valence-electron chi connectivity index (χ1n) is 9.74. The first kappa shape index (κ1) is 21.1. The number of hydrogen-bond acceptors (Lipinski definition) is 9. The molecule has 11 heteroatoms. The predicted molar refractivity (Wildman–Crippen MR) is 116 cm³/mol. The summed E-state index contributed by atoms with van der Waals surface area (Å²) in [7, 11) is 0. The van der Waals surface area contributed by atoms with Crippen molar-refractivity contribution in [2.45, 2.75) is 13.0 Å². The lowest BCUT2D eigenvalue weighted by Crippen LogP contribution is -2.12. The molecule has 3 N–H and O–H groups in total. The van der Waals surface area contributed by atoms with Crippen LogP contribution in [0.4, 0.5) is 5.13 Å². The molecule has 0 aliphatic heterocycles. The second-order valence-corrected chi connectivity index (χ2v) is 7.54. The number of furan rings is 1. The Morgan fingerprint density at radius 2 is 2.13 bits per heavy atom. The summed E-state index contributed by atoms with van der Waals surface area (Å²) in [6, 6.07) is 8.97. The molecule has 31 heavy (non-hydrogen) atoms. The number of aromatic nitrogens is 4. The van der Waals surface area contributed by atoms with Gasteiger partial charge in [0.15, 0.2) is 10.8 Å². The molecule has 0 atom stereocenters. The van der Waals surface area contributed by atoms with Gasteiger partial charge in [0.1, 0.15) is 6.79 Å². The number of aryl methyl sites for hydroxylation is 1. The van der Waals surface area contributed by atoms with E-state index in [-0.39, 0.29) is 12.7 Å². The molecule has 3 heterocycles.